The molecule has 2 saturated heterocycles. The molecule has 0 radical (unpaired) electrons. The smallest absolute Gasteiger partial charge is 0.255 e. The third kappa shape index (κ3) is 4.67. The Morgan fingerprint density at radius 2 is 2.05 bits per heavy atom. The summed E-state index contributed by atoms with van der Waals surface area (Å²) in [6, 6.07) is 7.68. The molecule has 2 aromatic carbocycles. The first kappa shape index (κ1) is 17.5. The maximum Gasteiger partial charge on any atom is 0.255 e. The highest BCUT2D eigenvalue weighted by Gasteiger charge is 2.30. The molecule has 2 aliphatic heterocycles. The Bertz CT molecular complexity index is 1760. The van der Waals surface area contributed by atoms with E-state index in [2.05, 4.69) is 20.7 Å². The van der Waals surface area contributed by atoms with Crippen molar-refractivity contribution in [2.75, 3.05) is 41.2 Å². The molecule has 196 valence electrons. The summed E-state index contributed by atoms with van der Waals surface area (Å²) in [7, 11) is 0. The zero-order valence-electron chi connectivity index (χ0n) is 27.4. The van der Waals surface area contributed by atoms with Gasteiger partial charge in [-0.05, 0) is 68.3 Å². The van der Waals surface area contributed by atoms with Crippen LogP contribution in [0.15, 0.2) is 60.9 Å². The largest absolute Gasteiger partial charge is 0.369 e. The highest BCUT2D eigenvalue weighted by Crippen LogP contribution is 2.37. The van der Waals surface area contributed by atoms with Gasteiger partial charge in [-0.25, -0.2) is 18.3 Å². The molecule has 1 amide bonds. The van der Waals surface area contributed by atoms with Crippen molar-refractivity contribution in [3.63, 3.8) is 0 Å². The molecule has 0 aliphatic carbocycles. The van der Waals surface area contributed by atoms with Crippen LogP contribution in [0.5, 0.6) is 0 Å². The Kier molecular flexibility index (Phi) is 4.60. The van der Waals surface area contributed by atoms with Crippen LogP contribution in [0, 0.1) is 11.6 Å². The number of amides is 1. The van der Waals surface area contributed by atoms with Crippen molar-refractivity contribution < 1.29 is 23.2 Å². The number of carbonyl (C=O) groups excluding carboxylic acids is 1. The summed E-state index contributed by atoms with van der Waals surface area (Å²) >= 11 is 0. The molecule has 2 fully saturated rings. The highest BCUT2D eigenvalue weighted by atomic mass is 19.1. The van der Waals surface area contributed by atoms with E-state index in [9.17, 15) is 13.6 Å². The monoisotopic (exact) mass is 524 g/mol. The fraction of sp³-hybridized carbons (Fsp3) is 0.321. The van der Waals surface area contributed by atoms with E-state index < -0.39 is 49.1 Å². The molecule has 2 atom stereocenters. The van der Waals surface area contributed by atoms with Gasteiger partial charge in [0.15, 0.2) is 5.65 Å². The van der Waals surface area contributed by atoms with E-state index in [1.165, 1.54) is 41.0 Å². The highest BCUT2D eigenvalue weighted by molar-refractivity contribution is 6.06. The molecule has 0 spiro atoms. The topological polar surface area (TPSA) is 77.8 Å². The molecular weight excluding hydrogens is 488 g/mol. The molecule has 2 aliphatic rings. The minimum absolute atomic E-state index is 0.0670. The molecule has 4 heterocycles. The molecule has 38 heavy (non-hydrogen) atoms. The molecule has 0 bridgehead atoms. The lowest BCUT2D eigenvalue weighted by Crippen LogP contribution is -2.49. The number of rotatable bonds is 5. The number of piperazine rings is 1. The van der Waals surface area contributed by atoms with Gasteiger partial charge >= 0.3 is 0 Å². The number of aromatic nitrogens is 3. The Morgan fingerprint density at radius 1 is 1.21 bits per heavy atom. The predicted octanol–water partition coefficient (Wildman–Crippen LogP) is 4.40. The van der Waals surface area contributed by atoms with Crippen molar-refractivity contribution in [1.29, 1.82) is 0 Å². The third-order valence-corrected chi connectivity index (χ3v) is 6.55. The Balaban J connectivity index is 1.25. The molecule has 10 heteroatoms. The van der Waals surface area contributed by atoms with Crippen LogP contribution in [0.1, 0.15) is 51.3 Å². The number of nitrogens with one attached hydrogen (secondary N) is 2. The lowest BCUT2D eigenvalue weighted by Gasteiger charge is -2.33. The lowest BCUT2D eigenvalue weighted by molar-refractivity contribution is 0.102. The van der Waals surface area contributed by atoms with Crippen LogP contribution in [-0.4, -0.2) is 52.6 Å². The SMILES string of the molecule is [2H]C1([2H])NC([2H])(C)C([2H])([2H])N(c2ccc(C(=O)Nc3cnn4ccc(N5CCCC5c5cc(F)ccc5F)nc34)cc2)C1([2H])[2H]. The quantitative estimate of drug-likeness (QED) is 0.403. The summed E-state index contributed by atoms with van der Waals surface area (Å²) in [5, 5.41) is 9.09. The van der Waals surface area contributed by atoms with Gasteiger partial charge in [0.05, 0.1) is 17.7 Å². The van der Waals surface area contributed by atoms with E-state index >= 15 is 0 Å². The van der Waals surface area contributed by atoms with E-state index in [1.807, 2.05) is 4.90 Å². The molecular formula is C28H29F2N7O. The van der Waals surface area contributed by atoms with E-state index in [0.29, 0.717) is 29.3 Å². The zero-order valence-corrected chi connectivity index (χ0v) is 20.4. The normalized spacial score (nSPS) is 28.4. The first-order valence-electron chi connectivity index (χ1n) is 15.6. The number of anilines is 3. The Morgan fingerprint density at radius 3 is 2.89 bits per heavy atom. The number of fused-ring (bicyclic) bond motifs is 1. The van der Waals surface area contributed by atoms with E-state index in [1.54, 1.807) is 12.3 Å². The van der Waals surface area contributed by atoms with Gasteiger partial charge in [-0.2, -0.15) is 5.10 Å². The van der Waals surface area contributed by atoms with Gasteiger partial charge in [-0.3, -0.25) is 4.79 Å². The lowest BCUT2D eigenvalue weighted by atomic mass is 10.0. The van der Waals surface area contributed by atoms with Gasteiger partial charge in [-0.15, -0.1) is 0 Å². The molecule has 2 N–H and O–H groups in total. The minimum atomic E-state index is -2.89. The van der Waals surface area contributed by atoms with Crippen molar-refractivity contribution >= 4 is 28.7 Å². The fourth-order valence-corrected chi connectivity index (χ4v) is 4.73. The van der Waals surface area contributed by atoms with Gasteiger partial charge in [0.1, 0.15) is 23.1 Å². The van der Waals surface area contributed by atoms with Gasteiger partial charge < -0.3 is 20.4 Å². The van der Waals surface area contributed by atoms with Crippen LogP contribution in [-0.2, 0) is 0 Å². The molecule has 0 saturated carbocycles. The van der Waals surface area contributed by atoms with Crippen LogP contribution in [0.3, 0.4) is 0 Å². The summed E-state index contributed by atoms with van der Waals surface area (Å²) in [6.45, 7) is -6.66. The van der Waals surface area contributed by atoms with Crippen molar-refractivity contribution in [1.82, 2.24) is 19.9 Å². The van der Waals surface area contributed by atoms with Gasteiger partial charge in [0, 0.05) is 59.2 Å². The summed E-state index contributed by atoms with van der Waals surface area (Å²) in [4.78, 5) is 20.4. The maximum absolute atomic E-state index is 14.6. The minimum Gasteiger partial charge on any atom is -0.369 e. The second kappa shape index (κ2) is 10.0. The van der Waals surface area contributed by atoms with E-state index in [0.717, 1.165) is 25.5 Å². The van der Waals surface area contributed by atoms with Crippen LogP contribution < -0.4 is 20.4 Å². The third-order valence-electron chi connectivity index (χ3n) is 6.55. The Labute approximate surface area is 229 Å². The Hall–Kier alpha value is -4.05. The molecule has 2 unspecified atom stereocenters. The predicted molar refractivity (Wildman–Crippen MR) is 143 cm³/mol. The fourth-order valence-electron chi connectivity index (χ4n) is 4.73. The van der Waals surface area contributed by atoms with E-state index in [-0.39, 0.29) is 22.5 Å². The number of benzene rings is 2. The average Bonchev–Trinajstić information content (AvgIpc) is 3.60. The number of hydrogen-bond donors (Lipinski definition) is 2. The molecule has 4 aromatic rings. The molecule has 8 nitrogen and oxygen atoms in total. The number of hydrogen-bond acceptors (Lipinski definition) is 6. The van der Waals surface area contributed by atoms with Gasteiger partial charge in [-0.1, -0.05) is 0 Å². The van der Waals surface area contributed by atoms with E-state index in [4.69, 9.17) is 9.60 Å². The molecule has 2 aromatic heterocycles. The van der Waals surface area contributed by atoms with Crippen molar-refractivity contribution in [2.24, 2.45) is 0 Å². The van der Waals surface area contributed by atoms with Crippen LogP contribution in [0.2, 0.25) is 0 Å². The standard InChI is InChI=1S/C28H29F2N7O/c1-18-17-35(14-11-31-18)21-7-4-19(5-8-21)28(38)33-24-16-32-37-13-10-26(34-27(24)37)36-12-2-3-25(36)22-15-20(29)6-9-23(22)30/h4-10,13,15-16,18,25,31H,2-3,11-12,14,17H2,1H3,(H,33,38)/i11D2,14D2,17D2,18D. The van der Waals surface area contributed by atoms with Crippen molar-refractivity contribution in [3.8, 4) is 0 Å². The maximum atomic E-state index is 14.6. The first-order valence-corrected chi connectivity index (χ1v) is 12.1. The zero-order chi connectivity index (χ0) is 32.5. The summed E-state index contributed by atoms with van der Waals surface area (Å²) in [5.74, 6) is -1.11. The second-order valence-electron chi connectivity index (χ2n) is 9.06. The van der Waals surface area contributed by atoms with Gasteiger partial charge in [0.2, 0.25) is 0 Å². The summed E-state index contributed by atoms with van der Waals surface area (Å²) in [5.41, 5.74) is 0.879. The van der Waals surface area contributed by atoms with Crippen molar-refractivity contribution in [3.05, 3.63) is 83.7 Å². The van der Waals surface area contributed by atoms with Gasteiger partial charge in [0.25, 0.3) is 5.91 Å². The number of nitrogens with zero attached hydrogens (tertiary/aromatic N) is 5. The molecule has 6 rings (SSSR count). The summed E-state index contributed by atoms with van der Waals surface area (Å²) < 4.78 is 88.2. The first-order chi connectivity index (χ1) is 21.0. The van der Waals surface area contributed by atoms with Crippen LogP contribution in [0.4, 0.5) is 26.0 Å². The average molecular weight is 525 g/mol. The number of carbonyl (C=O) groups is 1. The number of halogens is 2. The van der Waals surface area contributed by atoms with Crippen LogP contribution >= 0.6 is 0 Å². The summed E-state index contributed by atoms with van der Waals surface area (Å²) in [6.07, 6.45) is 4.41. The van der Waals surface area contributed by atoms with Crippen LogP contribution in [0.25, 0.3) is 5.65 Å². The van der Waals surface area contributed by atoms with Crippen molar-refractivity contribution in [2.45, 2.75) is 31.8 Å². The second-order valence-corrected chi connectivity index (χ2v) is 9.06.